The highest BCUT2D eigenvalue weighted by molar-refractivity contribution is 6.31. The fourth-order valence-electron chi connectivity index (χ4n) is 2.06. The minimum atomic E-state index is 0.708. The number of hydrogen-bond donors (Lipinski definition) is 1. The highest BCUT2D eigenvalue weighted by atomic mass is 35.5. The van der Waals surface area contributed by atoms with Gasteiger partial charge in [0.2, 0.25) is 0 Å². The maximum absolute atomic E-state index is 6.37. The molecule has 0 aliphatic rings. The fourth-order valence-corrected chi connectivity index (χ4v) is 2.30. The summed E-state index contributed by atoms with van der Waals surface area (Å²) in [7, 11) is 0. The van der Waals surface area contributed by atoms with Crippen molar-refractivity contribution >= 4 is 17.3 Å². The second-order valence-corrected chi connectivity index (χ2v) is 5.52. The molecule has 2 nitrogen and oxygen atoms in total. The van der Waals surface area contributed by atoms with Crippen LogP contribution in [-0.4, -0.2) is 19.6 Å². The van der Waals surface area contributed by atoms with Gasteiger partial charge >= 0.3 is 0 Å². The van der Waals surface area contributed by atoms with Crippen LogP contribution in [-0.2, 0) is 6.54 Å². The average molecular weight is 283 g/mol. The molecule has 1 N–H and O–H groups in total. The van der Waals surface area contributed by atoms with Crippen LogP contribution in [0.5, 0.6) is 0 Å². The van der Waals surface area contributed by atoms with Gasteiger partial charge in [0.25, 0.3) is 0 Å². The molecule has 108 valence electrons. The first-order chi connectivity index (χ1) is 9.12. The maximum Gasteiger partial charge on any atom is 0.0471 e. The first-order valence-electron chi connectivity index (χ1n) is 7.36. The minimum absolute atomic E-state index is 0.708. The summed E-state index contributed by atoms with van der Waals surface area (Å²) < 4.78 is 0. The van der Waals surface area contributed by atoms with Crippen molar-refractivity contribution in [1.82, 2.24) is 5.32 Å². The summed E-state index contributed by atoms with van der Waals surface area (Å²) in [6.45, 7) is 12.8. The van der Waals surface area contributed by atoms with Crippen molar-refractivity contribution in [2.24, 2.45) is 5.92 Å². The van der Waals surface area contributed by atoms with Crippen molar-refractivity contribution in [3.05, 3.63) is 28.8 Å². The normalized spacial score (nSPS) is 12.5. The molecule has 1 atom stereocenters. The van der Waals surface area contributed by atoms with Crippen molar-refractivity contribution in [3.8, 4) is 0 Å². The Labute approximate surface area is 123 Å². The Balaban J connectivity index is 2.79. The molecule has 0 saturated heterocycles. The van der Waals surface area contributed by atoms with Crippen molar-refractivity contribution in [3.63, 3.8) is 0 Å². The molecular weight excluding hydrogens is 256 g/mol. The zero-order valence-electron chi connectivity index (χ0n) is 12.7. The molecule has 1 aromatic rings. The summed E-state index contributed by atoms with van der Waals surface area (Å²) in [4.78, 5) is 2.40. The van der Waals surface area contributed by atoms with Crippen molar-refractivity contribution in [1.29, 1.82) is 0 Å². The van der Waals surface area contributed by atoms with Crippen LogP contribution in [0.2, 0.25) is 5.02 Å². The van der Waals surface area contributed by atoms with Crippen LogP contribution < -0.4 is 10.2 Å². The third kappa shape index (κ3) is 5.04. The number of anilines is 1. The lowest BCUT2D eigenvalue weighted by Gasteiger charge is -2.26. The molecule has 1 aromatic carbocycles. The van der Waals surface area contributed by atoms with Gasteiger partial charge in [-0.25, -0.2) is 0 Å². The van der Waals surface area contributed by atoms with Gasteiger partial charge in [0.15, 0.2) is 0 Å². The van der Waals surface area contributed by atoms with E-state index in [1.807, 2.05) is 0 Å². The highest BCUT2D eigenvalue weighted by Gasteiger charge is 2.10. The summed E-state index contributed by atoms with van der Waals surface area (Å²) in [5, 5.41) is 4.17. The van der Waals surface area contributed by atoms with Crippen LogP contribution in [0, 0.1) is 5.92 Å². The number of nitrogens with one attached hydrogen (secondary N) is 1. The number of halogens is 1. The molecule has 0 aliphatic heterocycles. The Morgan fingerprint density at radius 3 is 2.53 bits per heavy atom. The van der Waals surface area contributed by atoms with Gasteiger partial charge in [0, 0.05) is 30.3 Å². The molecule has 0 amide bonds. The number of benzene rings is 1. The van der Waals surface area contributed by atoms with E-state index in [4.69, 9.17) is 11.6 Å². The molecule has 1 rings (SSSR count). The van der Waals surface area contributed by atoms with E-state index >= 15 is 0 Å². The van der Waals surface area contributed by atoms with Gasteiger partial charge in [-0.05, 0) is 37.1 Å². The van der Waals surface area contributed by atoms with Gasteiger partial charge in [-0.3, -0.25) is 0 Å². The lowest BCUT2D eigenvalue weighted by molar-refractivity contribution is 0.548. The summed E-state index contributed by atoms with van der Waals surface area (Å²) >= 11 is 6.37. The molecule has 0 radical (unpaired) electrons. The zero-order chi connectivity index (χ0) is 14.3. The van der Waals surface area contributed by atoms with Crippen LogP contribution in [0.1, 0.15) is 39.7 Å². The Kier molecular flexibility index (Phi) is 7.25. The number of rotatable bonds is 8. The second-order valence-electron chi connectivity index (χ2n) is 5.11. The van der Waals surface area contributed by atoms with Gasteiger partial charge in [0.1, 0.15) is 0 Å². The lowest BCUT2D eigenvalue weighted by Crippen LogP contribution is -2.28. The van der Waals surface area contributed by atoms with E-state index in [2.05, 4.69) is 56.1 Å². The van der Waals surface area contributed by atoms with Crippen LogP contribution in [0.15, 0.2) is 18.2 Å². The monoisotopic (exact) mass is 282 g/mol. The molecule has 0 saturated carbocycles. The summed E-state index contributed by atoms with van der Waals surface area (Å²) in [6.07, 6.45) is 1.21. The summed E-state index contributed by atoms with van der Waals surface area (Å²) in [5.74, 6) is 0.708. The highest BCUT2D eigenvalue weighted by Crippen LogP contribution is 2.24. The Morgan fingerprint density at radius 2 is 2.00 bits per heavy atom. The smallest absolute Gasteiger partial charge is 0.0471 e. The second kappa shape index (κ2) is 8.44. The first-order valence-corrected chi connectivity index (χ1v) is 7.74. The van der Waals surface area contributed by atoms with E-state index in [-0.39, 0.29) is 0 Å². The molecule has 3 heteroatoms. The topological polar surface area (TPSA) is 15.3 Å². The van der Waals surface area contributed by atoms with Crippen molar-refractivity contribution < 1.29 is 0 Å². The molecule has 0 bridgehead atoms. The van der Waals surface area contributed by atoms with E-state index in [1.54, 1.807) is 0 Å². The zero-order valence-corrected chi connectivity index (χ0v) is 13.4. The number of hydrogen-bond acceptors (Lipinski definition) is 2. The largest absolute Gasteiger partial charge is 0.372 e. The summed E-state index contributed by atoms with van der Waals surface area (Å²) in [5.41, 5.74) is 2.40. The first kappa shape index (κ1) is 16.3. The molecular formula is C16H27ClN2. The van der Waals surface area contributed by atoms with Crippen LogP contribution in [0.25, 0.3) is 0 Å². The van der Waals surface area contributed by atoms with Crippen molar-refractivity contribution in [2.45, 2.75) is 40.7 Å². The third-order valence-electron chi connectivity index (χ3n) is 3.58. The molecule has 0 aliphatic carbocycles. The predicted octanol–water partition coefficient (Wildman–Crippen LogP) is 4.32. The minimum Gasteiger partial charge on any atom is -0.372 e. The van der Waals surface area contributed by atoms with E-state index in [9.17, 15) is 0 Å². The lowest BCUT2D eigenvalue weighted by atomic mass is 10.1. The Bertz CT molecular complexity index is 379. The SMILES string of the molecule is CCNCc1ccc(N(CC)CC(C)CC)cc1Cl. The average Bonchev–Trinajstić information content (AvgIpc) is 2.43. The fraction of sp³-hybridized carbons (Fsp3) is 0.625. The molecule has 0 fully saturated rings. The van der Waals surface area contributed by atoms with Gasteiger partial charge < -0.3 is 10.2 Å². The maximum atomic E-state index is 6.37. The van der Waals surface area contributed by atoms with Crippen LogP contribution >= 0.6 is 11.6 Å². The third-order valence-corrected chi connectivity index (χ3v) is 3.93. The standard InChI is InChI=1S/C16H27ClN2/c1-5-13(4)12-19(7-3)15-9-8-14(11-18-6-2)16(17)10-15/h8-10,13,18H,5-7,11-12H2,1-4H3. The van der Waals surface area contributed by atoms with Crippen LogP contribution in [0.4, 0.5) is 5.69 Å². The van der Waals surface area contributed by atoms with Crippen molar-refractivity contribution in [2.75, 3.05) is 24.5 Å². The van der Waals surface area contributed by atoms with E-state index in [0.717, 1.165) is 31.2 Å². The van der Waals surface area contributed by atoms with Gasteiger partial charge in [0.05, 0.1) is 0 Å². The van der Waals surface area contributed by atoms with Crippen LogP contribution in [0.3, 0.4) is 0 Å². The summed E-state index contributed by atoms with van der Waals surface area (Å²) in [6, 6.07) is 6.42. The van der Waals surface area contributed by atoms with Gasteiger partial charge in [-0.15, -0.1) is 0 Å². The Morgan fingerprint density at radius 1 is 1.26 bits per heavy atom. The quantitative estimate of drug-likeness (QED) is 0.764. The van der Waals surface area contributed by atoms with Gasteiger partial charge in [-0.1, -0.05) is 44.9 Å². The molecule has 0 spiro atoms. The van der Waals surface area contributed by atoms with E-state index in [1.165, 1.54) is 17.7 Å². The molecule has 19 heavy (non-hydrogen) atoms. The molecule has 1 unspecified atom stereocenters. The van der Waals surface area contributed by atoms with E-state index < -0.39 is 0 Å². The predicted molar refractivity (Wildman–Crippen MR) is 86.2 cm³/mol. The van der Waals surface area contributed by atoms with E-state index in [0.29, 0.717) is 5.92 Å². The Hall–Kier alpha value is -0.730. The number of nitrogens with zero attached hydrogens (tertiary/aromatic N) is 1. The molecule has 0 heterocycles. The van der Waals surface area contributed by atoms with Gasteiger partial charge in [-0.2, -0.15) is 0 Å². The molecule has 0 aromatic heterocycles.